The van der Waals surface area contributed by atoms with E-state index in [1.807, 2.05) is 12.1 Å². The predicted molar refractivity (Wildman–Crippen MR) is 90.2 cm³/mol. The number of halogens is 1. The third-order valence-corrected chi connectivity index (χ3v) is 4.71. The van der Waals surface area contributed by atoms with Crippen LogP contribution in [0.15, 0.2) is 22.7 Å². The molecule has 4 heteroatoms. The average molecular weight is 354 g/mol. The summed E-state index contributed by atoms with van der Waals surface area (Å²) in [6, 6.07) is 5.96. The Hall–Kier alpha value is -1.03. The van der Waals surface area contributed by atoms with Crippen LogP contribution in [0.2, 0.25) is 0 Å². The monoisotopic (exact) mass is 353 g/mol. The van der Waals surface area contributed by atoms with Crippen LogP contribution >= 0.6 is 15.9 Å². The van der Waals surface area contributed by atoms with Gasteiger partial charge in [-0.15, -0.1) is 0 Å². The van der Waals surface area contributed by atoms with Crippen LogP contribution in [0.1, 0.15) is 56.3 Å². The molecule has 1 aliphatic rings. The Labute approximate surface area is 135 Å². The fourth-order valence-electron chi connectivity index (χ4n) is 3.04. The van der Waals surface area contributed by atoms with Crippen LogP contribution in [0.5, 0.6) is 0 Å². The zero-order chi connectivity index (χ0) is 15.4. The minimum Gasteiger partial charge on any atom is -0.478 e. The molecule has 0 saturated heterocycles. The molecule has 2 rings (SSSR count). The minimum absolute atomic E-state index is 0.411. The molecule has 0 amide bonds. The highest BCUT2D eigenvalue weighted by Gasteiger charge is 2.26. The molecule has 0 radical (unpaired) electrons. The summed E-state index contributed by atoms with van der Waals surface area (Å²) >= 11 is 3.48. The van der Waals surface area contributed by atoms with Crippen LogP contribution in [-0.2, 0) is 0 Å². The Morgan fingerprint density at radius 1 is 1.38 bits per heavy atom. The molecule has 0 atom stereocenters. The average Bonchev–Trinajstić information content (AvgIpc) is 2.92. The Morgan fingerprint density at radius 2 is 2.05 bits per heavy atom. The van der Waals surface area contributed by atoms with Gasteiger partial charge < -0.3 is 10.0 Å². The van der Waals surface area contributed by atoms with E-state index in [0.29, 0.717) is 17.5 Å². The van der Waals surface area contributed by atoms with Crippen LogP contribution in [0.3, 0.4) is 0 Å². The first-order valence-corrected chi connectivity index (χ1v) is 8.58. The van der Waals surface area contributed by atoms with E-state index in [0.717, 1.165) is 23.1 Å². The lowest BCUT2D eigenvalue weighted by Crippen LogP contribution is -2.36. The molecule has 0 aromatic heterocycles. The van der Waals surface area contributed by atoms with Crippen molar-refractivity contribution in [2.75, 3.05) is 11.4 Å². The number of hydrogen-bond acceptors (Lipinski definition) is 2. The number of rotatable bonds is 6. The fraction of sp³-hybridized carbons (Fsp3) is 0.588. The fourth-order valence-corrected chi connectivity index (χ4v) is 3.39. The quantitative estimate of drug-likeness (QED) is 0.786. The van der Waals surface area contributed by atoms with Gasteiger partial charge in [-0.2, -0.15) is 0 Å². The van der Waals surface area contributed by atoms with Gasteiger partial charge in [-0.1, -0.05) is 42.6 Å². The van der Waals surface area contributed by atoms with Gasteiger partial charge in [0.1, 0.15) is 0 Å². The second-order valence-electron chi connectivity index (χ2n) is 6.28. The highest BCUT2D eigenvalue weighted by atomic mass is 79.9. The lowest BCUT2D eigenvalue weighted by atomic mass is 10.1. The van der Waals surface area contributed by atoms with E-state index in [2.05, 4.69) is 34.7 Å². The molecule has 21 heavy (non-hydrogen) atoms. The van der Waals surface area contributed by atoms with E-state index in [1.165, 1.54) is 25.7 Å². The van der Waals surface area contributed by atoms with Crippen LogP contribution in [0.25, 0.3) is 0 Å². The zero-order valence-electron chi connectivity index (χ0n) is 12.8. The molecule has 1 aliphatic carbocycles. The van der Waals surface area contributed by atoms with Gasteiger partial charge in [-0.05, 0) is 43.4 Å². The molecule has 3 nitrogen and oxygen atoms in total. The van der Waals surface area contributed by atoms with Crippen LogP contribution < -0.4 is 4.90 Å². The van der Waals surface area contributed by atoms with E-state index in [-0.39, 0.29) is 0 Å². The summed E-state index contributed by atoms with van der Waals surface area (Å²) in [4.78, 5) is 13.9. The highest BCUT2D eigenvalue weighted by molar-refractivity contribution is 9.10. The number of hydrogen-bond donors (Lipinski definition) is 1. The molecular weight excluding hydrogens is 330 g/mol. The molecule has 1 saturated carbocycles. The molecular formula is C17H24BrNO2. The van der Waals surface area contributed by atoms with E-state index in [4.69, 9.17) is 0 Å². The van der Waals surface area contributed by atoms with Gasteiger partial charge in [0.15, 0.2) is 0 Å². The number of anilines is 1. The summed E-state index contributed by atoms with van der Waals surface area (Å²) in [6.45, 7) is 5.36. The summed E-state index contributed by atoms with van der Waals surface area (Å²) in [7, 11) is 0. The molecule has 1 aromatic rings. The molecule has 0 heterocycles. The Morgan fingerprint density at radius 3 is 2.62 bits per heavy atom. The van der Waals surface area contributed by atoms with Crippen molar-refractivity contribution >= 4 is 27.6 Å². The number of carboxylic acid groups (broad SMARTS) is 1. The van der Waals surface area contributed by atoms with Gasteiger partial charge in [-0.25, -0.2) is 4.79 Å². The molecule has 116 valence electrons. The molecule has 0 spiro atoms. The second-order valence-corrected chi connectivity index (χ2v) is 7.20. The summed E-state index contributed by atoms with van der Waals surface area (Å²) in [5.41, 5.74) is 1.28. The van der Waals surface area contributed by atoms with Gasteiger partial charge >= 0.3 is 5.97 Å². The third-order valence-electron chi connectivity index (χ3n) is 4.21. The second kappa shape index (κ2) is 7.30. The van der Waals surface area contributed by atoms with Gasteiger partial charge in [0, 0.05) is 17.1 Å². The summed E-state index contributed by atoms with van der Waals surface area (Å²) in [5, 5.41) is 9.48. The Kier molecular flexibility index (Phi) is 5.68. The van der Waals surface area contributed by atoms with E-state index >= 15 is 0 Å². The topological polar surface area (TPSA) is 40.5 Å². The lowest BCUT2D eigenvalue weighted by molar-refractivity contribution is 0.0697. The summed E-state index contributed by atoms with van der Waals surface area (Å²) in [6.07, 6.45) is 5.92. The number of benzene rings is 1. The normalized spacial score (nSPS) is 15.6. The molecule has 1 N–H and O–H groups in total. The van der Waals surface area contributed by atoms with Gasteiger partial charge in [0.25, 0.3) is 0 Å². The molecule has 0 unspecified atom stereocenters. The zero-order valence-corrected chi connectivity index (χ0v) is 14.4. The maximum atomic E-state index is 11.5. The van der Waals surface area contributed by atoms with Crippen molar-refractivity contribution < 1.29 is 9.90 Å². The van der Waals surface area contributed by atoms with Crippen LogP contribution in [-0.4, -0.2) is 23.7 Å². The van der Waals surface area contributed by atoms with Crippen molar-refractivity contribution in [3.05, 3.63) is 28.2 Å². The first-order chi connectivity index (χ1) is 9.99. The SMILES string of the molecule is CC(C)CCN(c1cc(Br)ccc1C(=O)O)C1CCCC1. The number of carboxylic acids is 1. The maximum absolute atomic E-state index is 11.5. The molecule has 1 fully saturated rings. The molecule has 0 bridgehead atoms. The maximum Gasteiger partial charge on any atom is 0.337 e. The Bertz CT molecular complexity index is 496. The number of nitrogens with zero attached hydrogens (tertiary/aromatic N) is 1. The van der Waals surface area contributed by atoms with Crippen molar-refractivity contribution in [1.82, 2.24) is 0 Å². The largest absolute Gasteiger partial charge is 0.478 e. The van der Waals surface area contributed by atoms with E-state index < -0.39 is 5.97 Å². The predicted octanol–water partition coefficient (Wildman–Crippen LogP) is 4.94. The summed E-state index contributed by atoms with van der Waals surface area (Å²) < 4.78 is 0.940. The van der Waals surface area contributed by atoms with Crippen LogP contribution in [0.4, 0.5) is 5.69 Å². The first-order valence-electron chi connectivity index (χ1n) is 7.78. The van der Waals surface area contributed by atoms with Gasteiger partial charge in [0.2, 0.25) is 0 Å². The number of carbonyl (C=O) groups is 1. The van der Waals surface area contributed by atoms with Crippen molar-refractivity contribution in [3.8, 4) is 0 Å². The first kappa shape index (κ1) is 16.3. The molecule has 0 aliphatic heterocycles. The van der Waals surface area contributed by atoms with Gasteiger partial charge in [0.05, 0.1) is 11.3 Å². The van der Waals surface area contributed by atoms with Crippen molar-refractivity contribution in [1.29, 1.82) is 0 Å². The highest BCUT2D eigenvalue weighted by Crippen LogP contribution is 2.33. The summed E-state index contributed by atoms with van der Waals surface area (Å²) in [5.74, 6) is -0.223. The number of aromatic carboxylic acids is 1. The van der Waals surface area contributed by atoms with Crippen molar-refractivity contribution in [2.45, 2.75) is 52.0 Å². The van der Waals surface area contributed by atoms with E-state index in [1.54, 1.807) is 6.07 Å². The lowest BCUT2D eigenvalue weighted by Gasteiger charge is -2.33. The Balaban J connectivity index is 2.34. The smallest absolute Gasteiger partial charge is 0.337 e. The minimum atomic E-state index is -0.843. The molecule has 1 aromatic carbocycles. The van der Waals surface area contributed by atoms with Gasteiger partial charge in [-0.3, -0.25) is 0 Å². The van der Waals surface area contributed by atoms with E-state index in [9.17, 15) is 9.90 Å². The standard InChI is InChI=1S/C17H24BrNO2/c1-12(2)9-10-19(14-5-3-4-6-14)16-11-13(18)7-8-15(16)17(20)21/h7-8,11-12,14H,3-6,9-10H2,1-2H3,(H,20,21). The van der Waals surface area contributed by atoms with Crippen molar-refractivity contribution in [2.24, 2.45) is 5.92 Å². The van der Waals surface area contributed by atoms with Crippen LogP contribution in [0, 0.1) is 5.92 Å². The van der Waals surface area contributed by atoms with Crippen molar-refractivity contribution in [3.63, 3.8) is 0 Å². The third kappa shape index (κ3) is 4.22.